The Bertz CT molecular complexity index is 1440. The van der Waals surface area contributed by atoms with Crippen molar-refractivity contribution < 1.29 is 29.0 Å². The molecule has 7 nitrogen and oxygen atoms in total. The largest absolute Gasteiger partial charge is 0.423 e. The molecule has 0 atom stereocenters. The first-order valence-corrected chi connectivity index (χ1v) is 11.4. The van der Waals surface area contributed by atoms with Crippen molar-refractivity contribution in [1.82, 2.24) is 0 Å². The van der Waals surface area contributed by atoms with Gasteiger partial charge in [0.25, 0.3) is 11.8 Å². The van der Waals surface area contributed by atoms with Gasteiger partial charge in [-0.2, -0.15) is 0 Å². The summed E-state index contributed by atoms with van der Waals surface area (Å²) < 4.78 is 5.16. The number of benzene rings is 3. The van der Waals surface area contributed by atoms with Crippen LogP contribution in [0, 0.1) is 6.92 Å². The molecule has 7 heteroatoms. The molecule has 0 saturated heterocycles. The Hall–Kier alpha value is -4.88. The summed E-state index contributed by atoms with van der Waals surface area (Å²) in [6, 6.07) is 19.1. The number of aliphatic hydroxyl groups is 1. The third-order valence-corrected chi connectivity index (χ3v) is 5.75. The number of amides is 2. The fourth-order valence-electron chi connectivity index (χ4n) is 3.74. The Morgan fingerprint density at radius 2 is 1.59 bits per heavy atom. The van der Waals surface area contributed by atoms with Crippen molar-refractivity contribution in [3.8, 4) is 16.9 Å². The summed E-state index contributed by atoms with van der Waals surface area (Å²) in [7, 11) is 0. The molecule has 0 bridgehead atoms. The second kappa shape index (κ2) is 10.8. The van der Waals surface area contributed by atoms with Crippen molar-refractivity contribution in [2.75, 3.05) is 11.5 Å². The quantitative estimate of drug-likeness (QED) is 0.164. The summed E-state index contributed by atoms with van der Waals surface area (Å²) in [5, 5.41) is 8.97. The lowest BCUT2D eigenvalue weighted by Crippen LogP contribution is -2.29. The maximum Gasteiger partial charge on any atom is 0.341 e. The second-order valence-corrected chi connectivity index (χ2v) is 8.34. The summed E-state index contributed by atoms with van der Waals surface area (Å²) in [6.45, 7) is 4.88. The number of allylic oxidation sites excluding steroid dienone is 1. The molecular formula is C30H23NO6. The van der Waals surface area contributed by atoms with Crippen LogP contribution in [0.25, 0.3) is 17.2 Å². The number of hydrogen-bond donors (Lipinski definition) is 1. The van der Waals surface area contributed by atoms with Crippen molar-refractivity contribution >= 4 is 35.3 Å². The van der Waals surface area contributed by atoms with Crippen molar-refractivity contribution in [2.24, 2.45) is 0 Å². The Balaban J connectivity index is 1.42. The van der Waals surface area contributed by atoms with Gasteiger partial charge in [0, 0.05) is 17.7 Å². The number of hydrogen-bond acceptors (Lipinski definition) is 6. The van der Waals surface area contributed by atoms with Crippen LogP contribution in [-0.2, 0) is 14.4 Å². The number of rotatable bonds is 8. The lowest BCUT2D eigenvalue weighted by atomic mass is 9.97. The molecule has 1 aliphatic heterocycles. The molecule has 3 aromatic carbocycles. The maximum absolute atomic E-state index is 12.7. The van der Waals surface area contributed by atoms with Crippen LogP contribution in [0.3, 0.4) is 0 Å². The highest BCUT2D eigenvalue weighted by Crippen LogP contribution is 2.27. The molecule has 0 fully saturated rings. The number of esters is 1. The van der Waals surface area contributed by atoms with Gasteiger partial charge >= 0.3 is 5.97 Å². The molecular weight excluding hydrogens is 470 g/mol. The van der Waals surface area contributed by atoms with Crippen LogP contribution in [-0.4, -0.2) is 35.3 Å². The van der Waals surface area contributed by atoms with E-state index in [1.165, 1.54) is 18.2 Å². The highest BCUT2D eigenvalue weighted by Gasteiger charge is 2.24. The third-order valence-electron chi connectivity index (χ3n) is 5.75. The number of imide groups is 1. The van der Waals surface area contributed by atoms with Gasteiger partial charge in [0.1, 0.15) is 5.75 Å². The fraction of sp³-hybridized carbons (Fsp3) is 0.0667. The Kier molecular flexibility index (Phi) is 7.36. The molecule has 1 heterocycles. The lowest BCUT2D eigenvalue weighted by molar-refractivity contribution is -0.130. The van der Waals surface area contributed by atoms with Crippen molar-refractivity contribution in [3.05, 3.63) is 114 Å². The summed E-state index contributed by atoms with van der Waals surface area (Å²) in [5.41, 5.74) is 4.43. The van der Waals surface area contributed by atoms with Crippen LogP contribution in [0.4, 0.5) is 5.69 Å². The standard InChI is InChI=1S/C30H23NO6/c1-19-17-23(8-13-26(19)22-6-11-25(12-7-22)37-30(36)20(2)18-32)27(33)14-5-21-3-9-24(10-4-21)31-28(34)15-16-29(31)35/h3-17,32H,2,18H2,1H3/b14-5+. The Labute approximate surface area is 213 Å². The molecule has 2 amide bonds. The van der Waals surface area contributed by atoms with Gasteiger partial charge in [-0.3, -0.25) is 14.4 Å². The summed E-state index contributed by atoms with van der Waals surface area (Å²) in [4.78, 5) is 49.2. The third kappa shape index (κ3) is 5.69. The van der Waals surface area contributed by atoms with E-state index in [1.807, 2.05) is 19.1 Å². The maximum atomic E-state index is 12.7. The van der Waals surface area contributed by atoms with E-state index in [2.05, 4.69) is 6.58 Å². The van der Waals surface area contributed by atoms with Crippen molar-refractivity contribution in [1.29, 1.82) is 0 Å². The van der Waals surface area contributed by atoms with Gasteiger partial charge in [-0.15, -0.1) is 0 Å². The SMILES string of the molecule is C=C(CO)C(=O)Oc1ccc(-c2ccc(C(=O)/C=C/c3ccc(N4C(=O)C=CC4=O)cc3)cc2C)cc1. The molecule has 0 spiro atoms. The number of carbonyl (C=O) groups excluding carboxylic acids is 4. The zero-order valence-corrected chi connectivity index (χ0v) is 20.0. The van der Waals surface area contributed by atoms with Crippen LogP contribution >= 0.6 is 0 Å². The van der Waals surface area contributed by atoms with Crippen LogP contribution < -0.4 is 9.64 Å². The van der Waals surface area contributed by atoms with Gasteiger partial charge < -0.3 is 9.84 Å². The summed E-state index contributed by atoms with van der Waals surface area (Å²) >= 11 is 0. The van der Waals surface area contributed by atoms with Crippen LogP contribution in [0.1, 0.15) is 21.5 Å². The van der Waals surface area contributed by atoms with E-state index in [0.717, 1.165) is 27.2 Å². The van der Waals surface area contributed by atoms with Gasteiger partial charge in [-0.05, 0) is 65.6 Å². The molecule has 1 N–H and O–H groups in total. The lowest BCUT2D eigenvalue weighted by Gasteiger charge is -2.13. The molecule has 0 unspecified atom stereocenters. The van der Waals surface area contributed by atoms with Crippen molar-refractivity contribution in [3.63, 3.8) is 0 Å². The average Bonchev–Trinajstić information content (AvgIpc) is 3.25. The van der Waals surface area contributed by atoms with E-state index in [1.54, 1.807) is 60.7 Å². The molecule has 184 valence electrons. The fourth-order valence-corrected chi connectivity index (χ4v) is 3.74. The first-order valence-electron chi connectivity index (χ1n) is 11.4. The predicted octanol–water partition coefficient (Wildman–Crippen LogP) is 4.44. The molecule has 4 rings (SSSR count). The zero-order chi connectivity index (χ0) is 26.5. The van der Waals surface area contributed by atoms with E-state index in [9.17, 15) is 19.2 Å². The molecule has 0 saturated carbocycles. The summed E-state index contributed by atoms with van der Waals surface area (Å²) in [5.74, 6) is -1.29. The summed E-state index contributed by atoms with van der Waals surface area (Å²) in [6.07, 6.45) is 5.60. The number of ketones is 1. The van der Waals surface area contributed by atoms with Gasteiger partial charge in [0.15, 0.2) is 5.78 Å². The van der Waals surface area contributed by atoms with Crippen LogP contribution in [0.2, 0.25) is 0 Å². The molecule has 0 aliphatic carbocycles. The number of nitrogens with zero attached hydrogens (tertiary/aromatic N) is 1. The zero-order valence-electron chi connectivity index (χ0n) is 20.0. The minimum atomic E-state index is -0.688. The molecule has 0 aromatic heterocycles. The van der Waals surface area contributed by atoms with Gasteiger partial charge in [0.05, 0.1) is 17.9 Å². The minimum absolute atomic E-state index is 0.0288. The highest BCUT2D eigenvalue weighted by molar-refractivity contribution is 6.28. The van der Waals surface area contributed by atoms with E-state index in [0.29, 0.717) is 17.0 Å². The number of ether oxygens (including phenoxy) is 1. The van der Waals surface area contributed by atoms with E-state index in [4.69, 9.17) is 9.84 Å². The molecule has 1 aliphatic rings. The van der Waals surface area contributed by atoms with Gasteiger partial charge in [0.2, 0.25) is 0 Å². The van der Waals surface area contributed by atoms with Crippen molar-refractivity contribution in [2.45, 2.75) is 6.92 Å². The Morgan fingerprint density at radius 1 is 0.946 bits per heavy atom. The second-order valence-electron chi connectivity index (χ2n) is 8.34. The molecule has 37 heavy (non-hydrogen) atoms. The first-order chi connectivity index (χ1) is 17.8. The van der Waals surface area contributed by atoms with Gasteiger partial charge in [-0.25, -0.2) is 9.69 Å². The number of aryl methyl sites for hydroxylation is 1. The monoisotopic (exact) mass is 493 g/mol. The van der Waals surface area contributed by atoms with E-state index in [-0.39, 0.29) is 23.2 Å². The van der Waals surface area contributed by atoms with Crippen LogP contribution in [0.5, 0.6) is 5.75 Å². The smallest absolute Gasteiger partial charge is 0.341 e. The number of anilines is 1. The first kappa shape index (κ1) is 25.2. The normalized spacial score (nSPS) is 12.9. The minimum Gasteiger partial charge on any atom is -0.423 e. The Morgan fingerprint density at radius 3 is 2.19 bits per heavy atom. The van der Waals surface area contributed by atoms with E-state index < -0.39 is 12.6 Å². The predicted molar refractivity (Wildman–Crippen MR) is 140 cm³/mol. The topological polar surface area (TPSA) is 101 Å². The average molecular weight is 494 g/mol. The highest BCUT2D eigenvalue weighted by atomic mass is 16.5. The number of carbonyl (C=O) groups is 4. The molecule has 3 aromatic rings. The van der Waals surface area contributed by atoms with Crippen LogP contribution in [0.15, 0.2) is 97.1 Å². The van der Waals surface area contributed by atoms with Gasteiger partial charge in [-0.1, -0.05) is 49.1 Å². The molecule has 0 radical (unpaired) electrons. The van der Waals surface area contributed by atoms with E-state index >= 15 is 0 Å². The number of aliphatic hydroxyl groups excluding tert-OH is 1.